The highest BCUT2D eigenvalue weighted by Gasteiger charge is 2.26. The molecule has 5 nitrogen and oxygen atoms in total. The van der Waals surface area contributed by atoms with Crippen LogP contribution in [-0.4, -0.2) is 39.1 Å². The molecule has 0 radical (unpaired) electrons. The number of carbonyl (C=O) groups is 1. The summed E-state index contributed by atoms with van der Waals surface area (Å²) < 4.78 is 0.686. The maximum absolute atomic E-state index is 12.5. The highest BCUT2D eigenvalue weighted by molar-refractivity contribution is 9.10. The highest BCUT2D eigenvalue weighted by Crippen LogP contribution is 2.26. The van der Waals surface area contributed by atoms with E-state index >= 15 is 0 Å². The Bertz CT molecular complexity index is 599. The minimum Gasteiger partial charge on any atom is -0.338 e. The number of halogens is 1. The summed E-state index contributed by atoms with van der Waals surface area (Å²) >= 11 is 3.30. The second-order valence-electron chi connectivity index (χ2n) is 4.97. The lowest BCUT2D eigenvalue weighted by atomic mass is 9.94. The fourth-order valence-corrected chi connectivity index (χ4v) is 2.99. The Labute approximate surface area is 125 Å². The molecule has 20 heavy (non-hydrogen) atoms. The number of aromatic nitrogens is 3. The number of likely N-dealkylation sites (tertiary alicyclic amines) is 1. The predicted octanol–water partition coefficient (Wildman–Crippen LogP) is 2.59. The van der Waals surface area contributed by atoms with Crippen molar-refractivity contribution in [1.82, 2.24) is 20.1 Å². The van der Waals surface area contributed by atoms with Crippen molar-refractivity contribution in [2.24, 2.45) is 0 Å². The van der Waals surface area contributed by atoms with Crippen LogP contribution < -0.4 is 0 Å². The lowest BCUT2D eigenvalue weighted by Crippen LogP contribution is -2.39. The first-order valence-electron chi connectivity index (χ1n) is 6.64. The van der Waals surface area contributed by atoms with Gasteiger partial charge in [0.1, 0.15) is 4.60 Å². The topological polar surface area (TPSA) is 61.9 Å². The number of nitrogens with one attached hydrogen (secondary N) is 1. The molecule has 6 heteroatoms. The molecule has 0 spiro atoms. The van der Waals surface area contributed by atoms with Crippen LogP contribution >= 0.6 is 15.9 Å². The number of hydrogen-bond donors (Lipinski definition) is 1. The van der Waals surface area contributed by atoms with Crippen molar-refractivity contribution in [2.75, 3.05) is 13.1 Å². The van der Waals surface area contributed by atoms with Crippen LogP contribution in [0.1, 0.15) is 34.8 Å². The van der Waals surface area contributed by atoms with Gasteiger partial charge in [0.05, 0.1) is 0 Å². The van der Waals surface area contributed by atoms with Crippen molar-refractivity contribution in [3.63, 3.8) is 0 Å². The third-order valence-electron chi connectivity index (χ3n) is 3.64. The van der Waals surface area contributed by atoms with Gasteiger partial charge in [0.15, 0.2) is 0 Å². The molecule has 0 aliphatic carbocycles. The normalized spacial score (nSPS) is 19.1. The molecule has 3 rings (SSSR count). The van der Waals surface area contributed by atoms with Crippen molar-refractivity contribution in [1.29, 1.82) is 0 Å². The van der Waals surface area contributed by atoms with Gasteiger partial charge >= 0.3 is 0 Å². The Balaban J connectivity index is 1.75. The summed E-state index contributed by atoms with van der Waals surface area (Å²) in [6, 6.07) is 5.51. The summed E-state index contributed by atoms with van der Waals surface area (Å²) in [4.78, 5) is 18.5. The molecule has 2 aromatic heterocycles. The monoisotopic (exact) mass is 334 g/mol. The van der Waals surface area contributed by atoms with E-state index in [4.69, 9.17) is 0 Å². The molecule has 104 valence electrons. The molecule has 1 saturated heterocycles. The first-order valence-corrected chi connectivity index (χ1v) is 7.43. The van der Waals surface area contributed by atoms with Gasteiger partial charge in [-0.3, -0.25) is 9.89 Å². The molecule has 2 aromatic rings. The predicted molar refractivity (Wildman–Crippen MR) is 78.4 cm³/mol. The highest BCUT2D eigenvalue weighted by atomic mass is 79.9. The summed E-state index contributed by atoms with van der Waals surface area (Å²) in [6.45, 7) is 1.55. The Morgan fingerprint density at radius 1 is 1.40 bits per heavy atom. The number of piperidine rings is 1. The van der Waals surface area contributed by atoms with Gasteiger partial charge in [0.25, 0.3) is 5.91 Å². The maximum atomic E-state index is 12.5. The van der Waals surface area contributed by atoms with Crippen LogP contribution in [0.4, 0.5) is 0 Å². The molecule has 1 amide bonds. The van der Waals surface area contributed by atoms with Gasteiger partial charge < -0.3 is 4.90 Å². The lowest BCUT2D eigenvalue weighted by molar-refractivity contribution is 0.0705. The van der Waals surface area contributed by atoms with E-state index in [0.717, 1.165) is 31.6 Å². The quantitative estimate of drug-likeness (QED) is 0.858. The van der Waals surface area contributed by atoms with Crippen LogP contribution in [0.25, 0.3) is 0 Å². The SMILES string of the molecule is O=C(c1ccnc(Br)c1)N1CCCC(c2ccn[nH]2)C1. The number of H-pyrrole nitrogens is 1. The maximum Gasteiger partial charge on any atom is 0.254 e. The molecule has 1 aliphatic heterocycles. The largest absolute Gasteiger partial charge is 0.338 e. The molecule has 1 unspecified atom stereocenters. The van der Waals surface area contributed by atoms with Gasteiger partial charge in [-0.1, -0.05) is 0 Å². The van der Waals surface area contributed by atoms with Crippen LogP contribution in [0.15, 0.2) is 35.2 Å². The number of pyridine rings is 1. The summed E-state index contributed by atoms with van der Waals surface area (Å²) in [5.74, 6) is 0.415. The van der Waals surface area contributed by atoms with Crippen LogP contribution in [0.5, 0.6) is 0 Å². The Hall–Kier alpha value is -1.69. The van der Waals surface area contributed by atoms with Crippen LogP contribution in [0.2, 0.25) is 0 Å². The lowest BCUT2D eigenvalue weighted by Gasteiger charge is -2.32. The number of hydrogen-bond acceptors (Lipinski definition) is 3. The third kappa shape index (κ3) is 2.75. The zero-order valence-electron chi connectivity index (χ0n) is 10.9. The van der Waals surface area contributed by atoms with Crippen molar-refractivity contribution in [3.8, 4) is 0 Å². The summed E-state index contributed by atoms with van der Waals surface area (Å²) in [6.07, 6.45) is 5.51. The van der Waals surface area contributed by atoms with Crippen molar-refractivity contribution < 1.29 is 4.79 Å². The fraction of sp³-hybridized carbons (Fsp3) is 0.357. The zero-order valence-corrected chi connectivity index (χ0v) is 12.5. The summed E-state index contributed by atoms with van der Waals surface area (Å²) in [7, 11) is 0. The van der Waals surface area contributed by atoms with E-state index in [1.165, 1.54) is 0 Å². The molecule has 1 fully saturated rings. The summed E-state index contributed by atoms with van der Waals surface area (Å²) in [5.41, 5.74) is 1.79. The Morgan fingerprint density at radius 2 is 2.30 bits per heavy atom. The second kappa shape index (κ2) is 5.75. The number of amides is 1. The van der Waals surface area contributed by atoms with Gasteiger partial charge in [-0.05, 0) is 47.0 Å². The molecule has 1 atom stereocenters. The number of rotatable bonds is 2. The smallest absolute Gasteiger partial charge is 0.254 e. The molecule has 0 saturated carbocycles. The average molecular weight is 335 g/mol. The van der Waals surface area contributed by atoms with E-state index in [1.807, 2.05) is 11.0 Å². The molecular formula is C14H15BrN4O. The van der Waals surface area contributed by atoms with E-state index in [9.17, 15) is 4.79 Å². The van der Waals surface area contributed by atoms with Gasteiger partial charge in [0, 0.05) is 42.7 Å². The minimum atomic E-state index is 0.0670. The van der Waals surface area contributed by atoms with Crippen LogP contribution in [0.3, 0.4) is 0 Å². The van der Waals surface area contributed by atoms with Crippen LogP contribution in [-0.2, 0) is 0 Å². The number of nitrogens with zero attached hydrogens (tertiary/aromatic N) is 3. The summed E-state index contributed by atoms with van der Waals surface area (Å²) in [5, 5.41) is 7.00. The van der Waals surface area contributed by atoms with Crippen molar-refractivity contribution >= 4 is 21.8 Å². The molecule has 3 heterocycles. The van der Waals surface area contributed by atoms with E-state index in [-0.39, 0.29) is 5.91 Å². The fourth-order valence-electron chi connectivity index (χ4n) is 2.63. The molecule has 1 aliphatic rings. The minimum absolute atomic E-state index is 0.0670. The van der Waals surface area contributed by atoms with Gasteiger partial charge in [0.2, 0.25) is 0 Å². The third-order valence-corrected chi connectivity index (χ3v) is 4.08. The average Bonchev–Trinajstić information content (AvgIpc) is 3.01. The van der Waals surface area contributed by atoms with E-state index < -0.39 is 0 Å². The second-order valence-corrected chi connectivity index (χ2v) is 5.78. The van der Waals surface area contributed by atoms with Crippen molar-refractivity contribution in [2.45, 2.75) is 18.8 Å². The number of carbonyl (C=O) groups excluding carboxylic acids is 1. The van der Waals surface area contributed by atoms with E-state index in [2.05, 4.69) is 31.1 Å². The zero-order chi connectivity index (χ0) is 13.9. The van der Waals surface area contributed by atoms with Gasteiger partial charge in [-0.15, -0.1) is 0 Å². The van der Waals surface area contributed by atoms with E-state index in [0.29, 0.717) is 16.1 Å². The molecule has 0 aromatic carbocycles. The number of aromatic amines is 1. The Kier molecular flexibility index (Phi) is 3.82. The van der Waals surface area contributed by atoms with Gasteiger partial charge in [-0.2, -0.15) is 5.10 Å². The van der Waals surface area contributed by atoms with E-state index in [1.54, 1.807) is 24.5 Å². The van der Waals surface area contributed by atoms with Crippen molar-refractivity contribution in [3.05, 3.63) is 46.5 Å². The first-order chi connectivity index (χ1) is 9.74. The van der Waals surface area contributed by atoms with Gasteiger partial charge in [-0.25, -0.2) is 4.98 Å². The Morgan fingerprint density at radius 3 is 3.05 bits per heavy atom. The molecule has 1 N–H and O–H groups in total. The molecule has 0 bridgehead atoms. The van der Waals surface area contributed by atoms with Crippen LogP contribution in [0, 0.1) is 0 Å². The molecular weight excluding hydrogens is 320 g/mol. The standard InChI is InChI=1S/C14H15BrN4O/c15-13-8-10(3-5-16-13)14(20)19-7-1-2-11(9-19)12-4-6-17-18-12/h3-6,8,11H,1-2,7,9H2,(H,17,18). The first kappa shape index (κ1) is 13.3.